The summed E-state index contributed by atoms with van der Waals surface area (Å²) < 4.78 is 5.36. The zero-order valence-corrected chi connectivity index (χ0v) is 15.0. The molecule has 1 aliphatic heterocycles. The van der Waals surface area contributed by atoms with Crippen molar-refractivity contribution in [3.8, 4) is 5.75 Å². The fourth-order valence-electron chi connectivity index (χ4n) is 2.70. The van der Waals surface area contributed by atoms with E-state index in [0.29, 0.717) is 48.7 Å². The standard InChI is InChI=1S/C17H20ClN5O2/c1-12-9-16(20-14-10-13(18)3-4-15(14)25-2)21-17(19-12)23-7-5-22(11-24)6-8-23/h3-4,9-11H,5-8H2,1-2H3,(H,19,20,21). The molecule has 2 aromatic rings. The second kappa shape index (κ2) is 7.57. The van der Waals surface area contributed by atoms with Crippen LogP contribution in [0.25, 0.3) is 0 Å². The summed E-state index contributed by atoms with van der Waals surface area (Å²) in [5.41, 5.74) is 1.59. The van der Waals surface area contributed by atoms with Crippen molar-refractivity contribution >= 4 is 35.5 Å². The van der Waals surface area contributed by atoms with Crippen molar-refractivity contribution in [2.24, 2.45) is 0 Å². The van der Waals surface area contributed by atoms with E-state index in [4.69, 9.17) is 16.3 Å². The molecule has 1 aromatic heterocycles. The molecule has 3 rings (SSSR count). The minimum atomic E-state index is 0.610. The highest BCUT2D eigenvalue weighted by Crippen LogP contribution is 2.30. The van der Waals surface area contributed by atoms with Crippen molar-refractivity contribution < 1.29 is 9.53 Å². The summed E-state index contributed by atoms with van der Waals surface area (Å²) in [6, 6.07) is 7.24. The van der Waals surface area contributed by atoms with Crippen LogP contribution >= 0.6 is 11.6 Å². The van der Waals surface area contributed by atoms with Crippen molar-refractivity contribution in [3.05, 3.63) is 35.0 Å². The fourth-order valence-corrected chi connectivity index (χ4v) is 2.87. The van der Waals surface area contributed by atoms with Crippen LogP contribution in [0.15, 0.2) is 24.3 Å². The molecule has 0 radical (unpaired) electrons. The Morgan fingerprint density at radius 2 is 1.96 bits per heavy atom. The predicted molar refractivity (Wildman–Crippen MR) is 97.9 cm³/mol. The minimum absolute atomic E-state index is 0.610. The van der Waals surface area contributed by atoms with Gasteiger partial charge in [-0.15, -0.1) is 0 Å². The molecule has 1 amide bonds. The molecule has 25 heavy (non-hydrogen) atoms. The molecular formula is C17H20ClN5O2. The topological polar surface area (TPSA) is 70.6 Å². The quantitative estimate of drug-likeness (QED) is 0.825. The molecular weight excluding hydrogens is 342 g/mol. The van der Waals surface area contributed by atoms with Crippen LogP contribution in [0.4, 0.5) is 17.5 Å². The third kappa shape index (κ3) is 4.11. The number of nitrogens with zero attached hydrogens (tertiary/aromatic N) is 4. The van der Waals surface area contributed by atoms with Gasteiger partial charge < -0.3 is 19.9 Å². The van der Waals surface area contributed by atoms with Crippen LogP contribution in [-0.4, -0.2) is 54.6 Å². The van der Waals surface area contributed by atoms with Crippen LogP contribution in [-0.2, 0) is 4.79 Å². The van der Waals surface area contributed by atoms with E-state index in [-0.39, 0.29) is 0 Å². The molecule has 2 heterocycles. The number of ether oxygens (including phenoxy) is 1. The van der Waals surface area contributed by atoms with E-state index >= 15 is 0 Å². The SMILES string of the molecule is COc1ccc(Cl)cc1Nc1cc(C)nc(N2CCN(C=O)CC2)n1. The Balaban J connectivity index is 1.83. The molecule has 0 spiro atoms. The molecule has 8 heteroatoms. The summed E-state index contributed by atoms with van der Waals surface area (Å²) in [5.74, 6) is 2.00. The van der Waals surface area contributed by atoms with E-state index in [1.807, 2.05) is 13.0 Å². The highest BCUT2D eigenvalue weighted by molar-refractivity contribution is 6.31. The summed E-state index contributed by atoms with van der Waals surface area (Å²) >= 11 is 6.08. The number of hydrogen-bond donors (Lipinski definition) is 1. The maximum absolute atomic E-state index is 10.8. The van der Waals surface area contributed by atoms with E-state index in [1.165, 1.54) is 0 Å². The van der Waals surface area contributed by atoms with Crippen molar-refractivity contribution in [1.29, 1.82) is 0 Å². The highest BCUT2D eigenvalue weighted by atomic mass is 35.5. The van der Waals surface area contributed by atoms with Gasteiger partial charge in [0.2, 0.25) is 12.4 Å². The number of methoxy groups -OCH3 is 1. The van der Waals surface area contributed by atoms with E-state index in [1.54, 1.807) is 30.2 Å². The first kappa shape index (κ1) is 17.3. The third-order valence-electron chi connectivity index (χ3n) is 4.01. The highest BCUT2D eigenvalue weighted by Gasteiger charge is 2.18. The van der Waals surface area contributed by atoms with Gasteiger partial charge in [0.25, 0.3) is 0 Å². The average Bonchev–Trinajstić information content (AvgIpc) is 2.61. The largest absolute Gasteiger partial charge is 0.495 e. The number of carbonyl (C=O) groups excluding carboxylic acids is 1. The van der Waals surface area contributed by atoms with Crippen LogP contribution in [0.3, 0.4) is 0 Å². The average molecular weight is 362 g/mol. The summed E-state index contributed by atoms with van der Waals surface area (Å²) in [6.45, 7) is 4.69. The molecule has 7 nitrogen and oxygen atoms in total. The molecule has 1 saturated heterocycles. The number of aromatic nitrogens is 2. The predicted octanol–water partition coefficient (Wildman–Crippen LogP) is 2.47. The molecule has 1 aliphatic rings. The van der Waals surface area contributed by atoms with Gasteiger partial charge in [-0.2, -0.15) is 4.98 Å². The van der Waals surface area contributed by atoms with Crippen LogP contribution < -0.4 is 15.0 Å². The fraction of sp³-hybridized carbons (Fsp3) is 0.353. The minimum Gasteiger partial charge on any atom is -0.495 e. The van der Waals surface area contributed by atoms with E-state index in [0.717, 1.165) is 17.8 Å². The lowest BCUT2D eigenvalue weighted by Crippen LogP contribution is -2.46. The maximum Gasteiger partial charge on any atom is 0.227 e. The molecule has 1 aromatic carbocycles. The first-order valence-corrected chi connectivity index (χ1v) is 8.37. The van der Waals surface area contributed by atoms with E-state index in [9.17, 15) is 4.79 Å². The van der Waals surface area contributed by atoms with Crippen molar-refractivity contribution in [3.63, 3.8) is 0 Å². The first-order chi connectivity index (χ1) is 12.1. The smallest absolute Gasteiger partial charge is 0.227 e. The van der Waals surface area contributed by atoms with E-state index in [2.05, 4.69) is 20.2 Å². The van der Waals surface area contributed by atoms with Gasteiger partial charge in [-0.1, -0.05) is 11.6 Å². The zero-order valence-electron chi connectivity index (χ0n) is 14.2. The van der Waals surface area contributed by atoms with Gasteiger partial charge in [0.15, 0.2) is 0 Å². The number of nitrogens with one attached hydrogen (secondary N) is 1. The summed E-state index contributed by atoms with van der Waals surface area (Å²) in [5, 5.41) is 3.86. The number of piperazine rings is 1. The van der Waals surface area contributed by atoms with Crippen molar-refractivity contribution in [1.82, 2.24) is 14.9 Å². The monoisotopic (exact) mass is 361 g/mol. The van der Waals surface area contributed by atoms with Crippen molar-refractivity contribution in [2.45, 2.75) is 6.92 Å². The zero-order chi connectivity index (χ0) is 17.8. The number of amides is 1. The number of aryl methyl sites for hydroxylation is 1. The Kier molecular flexibility index (Phi) is 5.23. The molecule has 0 unspecified atom stereocenters. The maximum atomic E-state index is 10.8. The third-order valence-corrected chi connectivity index (χ3v) is 4.25. The first-order valence-electron chi connectivity index (χ1n) is 7.99. The van der Waals surface area contributed by atoms with Crippen LogP contribution in [0, 0.1) is 6.92 Å². The Hall–Kier alpha value is -2.54. The van der Waals surface area contributed by atoms with Crippen molar-refractivity contribution in [2.75, 3.05) is 43.5 Å². The number of carbonyl (C=O) groups is 1. The molecule has 1 fully saturated rings. The Morgan fingerprint density at radius 3 is 2.64 bits per heavy atom. The Morgan fingerprint density at radius 1 is 1.20 bits per heavy atom. The van der Waals surface area contributed by atoms with Crippen LogP contribution in [0.5, 0.6) is 5.75 Å². The molecule has 0 saturated carbocycles. The number of hydrogen-bond acceptors (Lipinski definition) is 6. The molecule has 0 aliphatic carbocycles. The van der Waals surface area contributed by atoms with Gasteiger partial charge in [0.1, 0.15) is 11.6 Å². The van der Waals surface area contributed by atoms with Gasteiger partial charge in [0.05, 0.1) is 12.8 Å². The van der Waals surface area contributed by atoms with Gasteiger partial charge in [-0.05, 0) is 25.1 Å². The Bertz CT molecular complexity index is 763. The number of benzene rings is 1. The molecule has 0 atom stereocenters. The summed E-state index contributed by atoms with van der Waals surface area (Å²) in [4.78, 5) is 23.8. The second-order valence-corrected chi connectivity index (χ2v) is 6.23. The summed E-state index contributed by atoms with van der Waals surface area (Å²) in [7, 11) is 1.61. The van der Waals surface area contributed by atoms with Gasteiger partial charge >= 0.3 is 0 Å². The number of rotatable bonds is 5. The molecule has 1 N–H and O–H groups in total. The second-order valence-electron chi connectivity index (χ2n) is 5.79. The summed E-state index contributed by atoms with van der Waals surface area (Å²) in [6.07, 6.45) is 0.882. The van der Waals surface area contributed by atoms with Gasteiger partial charge in [-0.25, -0.2) is 4.98 Å². The van der Waals surface area contributed by atoms with Gasteiger partial charge in [0, 0.05) is 43.0 Å². The van der Waals surface area contributed by atoms with Crippen LogP contribution in [0.2, 0.25) is 5.02 Å². The lowest BCUT2D eigenvalue weighted by atomic mass is 10.3. The lowest BCUT2D eigenvalue weighted by Gasteiger charge is -2.32. The van der Waals surface area contributed by atoms with Crippen LogP contribution in [0.1, 0.15) is 5.69 Å². The lowest BCUT2D eigenvalue weighted by molar-refractivity contribution is -0.118. The molecule has 0 bridgehead atoms. The molecule has 132 valence electrons. The number of halogens is 1. The number of anilines is 3. The Labute approximate surface area is 151 Å². The van der Waals surface area contributed by atoms with Gasteiger partial charge in [-0.3, -0.25) is 4.79 Å². The van der Waals surface area contributed by atoms with E-state index < -0.39 is 0 Å². The normalized spacial score (nSPS) is 14.4.